The van der Waals surface area contributed by atoms with Crippen molar-refractivity contribution in [3.8, 4) is 5.75 Å². The maximum absolute atomic E-state index is 12.3. The summed E-state index contributed by atoms with van der Waals surface area (Å²) in [5, 5.41) is 8.45. The average Bonchev–Trinajstić information content (AvgIpc) is 3.19. The molecule has 1 N–H and O–H groups in total. The zero-order chi connectivity index (χ0) is 18.6. The van der Waals surface area contributed by atoms with Crippen molar-refractivity contribution in [3.05, 3.63) is 54.5 Å². The Morgan fingerprint density at radius 2 is 2.07 bits per heavy atom. The molecule has 1 aromatic carbocycles. The van der Waals surface area contributed by atoms with Gasteiger partial charge in [-0.05, 0) is 62.9 Å². The van der Waals surface area contributed by atoms with Crippen LogP contribution in [0, 0.1) is 0 Å². The van der Waals surface area contributed by atoms with E-state index < -0.39 is 0 Å². The first-order valence-corrected chi connectivity index (χ1v) is 9.57. The molecule has 0 radical (unpaired) electrons. The summed E-state index contributed by atoms with van der Waals surface area (Å²) < 4.78 is 7.93. The molecule has 6 heteroatoms. The lowest BCUT2D eigenvalue weighted by molar-refractivity contribution is 0.0888. The molecule has 2 heterocycles. The van der Waals surface area contributed by atoms with Crippen LogP contribution >= 0.6 is 0 Å². The number of rotatable bonds is 5. The van der Waals surface area contributed by atoms with Gasteiger partial charge in [-0.25, -0.2) is 0 Å². The van der Waals surface area contributed by atoms with E-state index >= 15 is 0 Å². The number of hydrogen-bond acceptors (Lipinski definition) is 4. The van der Waals surface area contributed by atoms with Crippen LogP contribution in [0.15, 0.2) is 48.8 Å². The molecule has 4 rings (SSSR count). The van der Waals surface area contributed by atoms with Crippen LogP contribution in [0.4, 0.5) is 0 Å². The van der Waals surface area contributed by atoms with Crippen LogP contribution in [0.5, 0.6) is 5.75 Å². The molecule has 1 saturated carbocycles. The molecule has 0 saturated heterocycles. The van der Waals surface area contributed by atoms with Crippen LogP contribution in [-0.2, 0) is 6.54 Å². The van der Waals surface area contributed by atoms with Crippen molar-refractivity contribution in [1.29, 1.82) is 0 Å². The normalized spacial score (nSPS) is 19.7. The van der Waals surface area contributed by atoms with Crippen molar-refractivity contribution in [2.45, 2.75) is 51.3 Å². The molecule has 0 bridgehead atoms. The van der Waals surface area contributed by atoms with Gasteiger partial charge < -0.3 is 10.1 Å². The third-order valence-electron chi connectivity index (χ3n) is 5.08. The first kappa shape index (κ1) is 17.5. The quantitative estimate of drug-likeness (QED) is 0.751. The number of aryl methyl sites for hydroxylation is 1. The lowest BCUT2D eigenvalue weighted by atomic mass is 9.93. The SMILES string of the molecule is CCn1ccc(C(=O)NC2CCC(Oc3ccc4ncccc4c3)CC2)n1. The number of fused-ring (bicyclic) bond motifs is 1. The number of nitrogens with one attached hydrogen (secondary N) is 1. The Morgan fingerprint density at radius 1 is 1.22 bits per heavy atom. The Morgan fingerprint density at radius 3 is 2.85 bits per heavy atom. The Hall–Kier alpha value is -2.89. The van der Waals surface area contributed by atoms with Gasteiger partial charge >= 0.3 is 0 Å². The van der Waals surface area contributed by atoms with Crippen molar-refractivity contribution in [3.63, 3.8) is 0 Å². The van der Waals surface area contributed by atoms with Gasteiger partial charge in [-0.3, -0.25) is 14.5 Å². The number of amides is 1. The van der Waals surface area contributed by atoms with Crippen LogP contribution in [0.2, 0.25) is 0 Å². The smallest absolute Gasteiger partial charge is 0.271 e. The second-order valence-corrected chi connectivity index (χ2v) is 6.98. The van der Waals surface area contributed by atoms with E-state index in [-0.39, 0.29) is 18.1 Å². The second kappa shape index (κ2) is 7.78. The van der Waals surface area contributed by atoms with Crippen LogP contribution in [0.1, 0.15) is 43.1 Å². The number of hydrogen-bond donors (Lipinski definition) is 1. The largest absolute Gasteiger partial charge is 0.490 e. The molecule has 6 nitrogen and oxygen atoms in total. The maximum Gasteiger partial charge on any atom is 0.271 e. The van der Waals surface area contributed by atoms with Gasteiger partial charge in [0, 0.05) is 30.4 Å². The number of carbonyl (C=O) groups is 1. The molecule has 1 aliphatic carbocycles. The van der Waals surface area contributed by atoms with Gasteiger partial charge in [0.05, 0.1) is 11.6 Å². The monoisotopic (exact) mass is 364 g/mol. The molecule has 140 valence electrons. The summed E-state index contributed by atoms with van der Waals surface area (Å²) in [5.41, 5.74) is 1.46. The van der Waals surface area contributed by atoms with E-state index in [1.807, 2.05) is 43.5 Å². The fourth-order valence-corrected chi connectivity index (χ4v) is 3.56. The molecule has 27 heavy (non-hydrogen) atoms. The molecular weight excluding hydrogens is 340 g/mol. The zero-order valence-electron chi connectivity index (χ0n) is 15.5. The van der Waals surface area contributed by atoms with E-state index in [1.54, 1.807) is 16.9 Å². The number of benzene rings is 1. The highest BCUT2D eigenvalue weighted by Gasteiger charge is 2.24. The van der Waals surface area contributed by atoms with Crippen molar-refractivity contribution < 1.29 is 9.53 Å². The van der Waals surface area contributed by atoms with E-state index in [1.165, 1.54) is 0 Å². The number of carbonyl (C=O) groups excluding carboxylic acids is 1. The second-order valence-electron chi connectivity index (χ2n) is 6.98. The first-order chi connectivity index (χ1) is 13.2. The molecule has 1 amide bonds. The molecule has 1 aliphatic rings. The maximum atomic E-state index is 12.3. The Balaban J connectivity index is 1.29. The van der Waals surface area contributed by atoms with E-state index in [0.717, 1.165) is 48.9 Å². The van der Waals surface area contributed by atoms with Gasteiger partial charge in [-0.2, -0.15) is 5.10 Å². The van der Waals surface area contributed by atoms with Crippen molar-refractivity contribution in [2.75, 3.05) is 0 Å². The van der Waals surface area contributed by atoms with Gasteiger partial charge in [0.1, 0.15) is 11.4 Å². The van der Waals surface area contributed by atoms with E-state index in [2.05, 4.69) is 15.4 Å². The topological polar surface area (TPSA) is 69.0 Å². The van der Waals surface area contributed by atoms with E-state index in [0.29, 0.717) is 5.69 Å². The minimum absolute atomic E-state index is 0.0893. The van der Waals surface area contributed by atoms with Crippen molar-refractivity contribution >= 4 is 16.8 Å². The molecule has 0 unspecified atom stereocenters. The fourth-order valence-electron chi connectivity index (χ4n) is 3.56. The molecule has 0 spiro atoms. The predicted octanol–water partition coefficient (Wildman–Crippen LogP) is 3.57. The summed E-state index contributed by atoms with van der Waals surface area (Å²) in [6, 6.07) is 11.9. The highest BCUT2D eigenvalue weighted by Crippen LogP contribution is 2.26. The zero-order valence-corrected chi connectivity index (χ0v) is 15.5. The molecule has 0 atom stereocenters. The average molecular weight is 364 g/mol. The summed E-state index contributed by atoms with van der Waals surface area (Å²) in [6.45, 7) is 2.77. The highest BCUT2D eigenvalue weighted by molar-refractivity contribution is 5.92. The van der Waals surface area contributed by atoms with Gasteiger partial charge in [-0.1, -0.05) is 6.07 Å². The van der Waals surface area contributed by atoms with E-state index in [9.17, 15) is 4.79 Å². The fraction of sp³-hybridized carbons (Fsp3) is 0.381. The standard InChI is InChI=1S/C21H24N4O2/c1-2-25-13-11-20(24-25)21(26)23-16-5-7-17(8-6-16)27-18-9-10-19-15(14-18)4-3-12-22-19/h3-4,9-14,16-17H,2,5-8H2,1H3,(H,23,26). The Labute approximate surface area is 158 Å². The molecule has 1 fully saturated rings. The number of nitrogens with zero attached hydrogens (tertiary/aromatic N) is 3. The van der Waals surface area contributed by atoms with Gasteiger partial charge in [0.25, 0.3) is 5.91 Å². The Bertz CT molecular complexity index is 929. The summed E-state index contributed by atoms with van der Waals surface area (Å²) in [7, 11) is 0. The summed E-state index contributed by atoms with van der Waals surface area (Å²) in [6.07, 6.45) is 7.51. The lowest BCUT2D eigenvalue weighted by Crippen LogP contribution is -2.39. The van der Waals surface area contributed by atoms with Crippen molar-refractivity contribution in [2.24, 2.45) is 0 Å². The summed E-state index contributed by atoms with van der Waals surface area (Å²) >= 11 is 0. The van der Waals surface area contributed by atoms with Crippen molar-refractivity contribution in [1.82, 2.24) is 20.1 Å². The van der Waals surface area contributed by atoms with Crippen LogP contribution < -0.4 is 10.1 Å². The summed E-state index contributed by atoms with van der Waals surface area (Å²) in [4.78, 5) is 16.7. The predicted molar refractivity (Wildman–Crippen MR) is 104 cm³/mol. The first-order valence-electron chi connectivity index (χ1n) is 9.57. The van der Waals surface area contributed by atoms with E-state index in [4.69, 9.17) is 4.74 Å². The number of pyridine rings is 1. The third kappa shape index (κ3) is 4.10. The molecule has 0 aliphatic heterocycles. The molecule has 3 aromatic rings. The minimum Gasteiger partial charge on any atom is -0.490 e. The molecular formula is C21H24N4O2. The Kier molecular flexibility index (Phi) is 5.05. The van der Waals surface area contributed by atoms with Gasteiger partial charge in [-0.15, -0.1) is 0 Å². The lowest BCUT2D eigenvalue weighted by Gasteiger charge is -2.29. The van der Waals surface area contributed by atoms with Crippen LogP contribution in [0.3, 0.4) is 0 Å². The van der Waals surface area contributed by atoms with Crippen LogP contribution in [-0.4, -0.2) is 32.8 Å². The van der Waals surface area contributed by atoms with Gasteiger partial charge in [0.2, 0.25) is 0 Å². The highest BCUT2D eigenvalue weighted by atomic mass is 16.5. The minimum atomic E-state index is -0.0893. The number of ether oxygens (including phenoxy) is 1. The summed E-state index contributed by atoms with van der Waals surface area (Å²) in [5.74, 6) is 0.793. The molecule has 2 aromatic heterocycles. The van der Waals surface area contributed by atoms with Crippen LogP contribution in [0.25, 0.3) is 10.9 Å². The third-order valence-corrected chi connectivity index (χ3v) is 5.08. The number of aromatic nitrogens is 3. The van der Waals surface area contributed by atoms with Gasteiger partial charge in [0.15, 0.2) is 0 Å².